The Morgan fingerprint density at radius 1 is 0.938 bits per heavy atom. The number of nitrogens with zero attached hydrogens (tertiary/aromatic N) is 2. The van der Waals surface area contributed by atoms with Crippen LogP contribution in [-0.4, -0.2) is 28.8 Å². The average Bonchev–Trinajstić information content (AvgIpc) is 3.33. The molecule has 1 unspecified atom stereocenters. The number of hydrogen-bond donors (Lipinski definition) is 1. The minimum absolute atomic E-state index is 0.137. The second-order valence-electron chi connectivity index (χ2n) is 7.03. The zero-order valence-corrected chi connectivity index (χ0v) is 16.9. The standard InChI is InChI=1S/C24H19N3O5/c28-23(21-14-30-19-8-4-5-9-20(19)31-21)25-17-10-12-18(13-11-17)29-15-22-26-27-24(32-22)16-6-2-1-3-7-16/h1-13,21H,14-15H2,(H,25,28). The van der Waals surface area contributed by atoms with Crippen molar-refractivity contribution in [2.24, 2.45) is 0 Å². The summed E-state index contributed by atoms with van der Waals surface area (Å²) in [5, 5.41) is 10.9. The molecule has 8 heteroatoms. The number of aromatic nitrogens is 2. The van der Waals surface area contributed by atoms with Gasteiger partial charge in [0.1, 0.15) is 12.4 Å². The van der Waals surface area contributed by atoms with E-state index in [0.29, 0.717) is 34.7 Å². The highest BCUT2D eigenvalue weighted by atomic mass is 16.6. The number of hydrogen-bond acceptors (Lipinski definition) is 7. The third kappa shape index (κ3) is 4.39. The maximum atomic E-state index is 12.5. The van der Waals surface area contributed by atoms with Crippen molar-refractivity contribution in [2.45, 2.75) is 12.7 Å². The van der Waals surface area contributed by atoms with Crippen molar-refractivity contribution in [1.82, 2.24) is 10.2 Å². The molecule has 160 valence electrons. The number of para-hydroxylation sites is 2. The molecule has 3 aromatic carbocycles. The molecule has 1 atom stereocenters. The summed E-state index contributed by atoms with van der Waals surface area (Å²) >= 11 is 0. The first-order valence-corrected chi connectivity index (χ1v) is 10.0. The van der Waals surface area contributed by atoms with E-state index in [4.69, 9.17) is 18.6 Å². The lowest BCUT2D eigenvalue weighted by molar-refractivity contribution is -0.125. The van der Waals surface area contributed by atoms with Gasteiger partial charge in [-0.15, -0.1) is 10.2 Å². The lowest BCUT2D eigenvalue weighted by atomic mass is 10.2. The molecule has 0 saturated carbocycles. The van der Waals surface area contributed by atoms with Crippen LogP contribution in [0.15, 0.2) is 83.3 Å². The molecule has 5 rings (SSSR count). The Morgan fingerprint density at radius 2 is 1.69 bits per heavy atom. The molecule has 1 aliphatic rings. The Morgan fingerprint density at radius 3 is 2.50 bits per heavy atom. The molecule has 0 bridgehead atoms. The Bertz CT molecular complexity index is 1210. The molecule has 1 N–H and O–H groups in total. The van der Waals surface area contributed by atoms with Crippen molar-refractivity contribution in [1.29, 1.82) is 0 Å². The van der Waals surface area contributed by atoms with Gasteiger partial charge in [0.05, 0.1) is 0 Å². The van der Waals surface area contributed by atoms with E-state index in [1.165, 1.54) is 0 Å². The second-order valence-corrected chi connectivity index (χ2v) is 7.03. The molecule has 1 aliphatic heterocycles. The molecule has 8 nitrogen and oxygen atoms in total. The van der Waals surface area contributed by atoms with Gasteiger partial charge < -0.3 is 23.9 Å². The predicted octanol–water partition coefficient (Wildman–Crippen LogP) is 4.09. The van der Waals surface area contributed by atoms with Gasteiger partial charge in [-0.25, -0.2) is 0 Å². The molecular weight excluding hydrogens is 410 g/mol. The number of amides is 1. The van der Waals surface area contributed by atoms with Crippen molar-refractivity contribution in [3.8, 4) is 28.7 Å². The minimum Gasteiger partial charge on any atom is -0.485 e. The number of anilines is 1. The van der Waals surface area contributed by atoms with E-state index in [1.54, 1.807) is 36.4 Å². The van der Waals surface area contributed by atoms with Crippen molar-refractivity contribution < 1.29 is 23.4 Å². The fourth-order valence-corrected chi connectivity index (χ4v) is 3.16. The third-order valence-corrected chi connectivity index (χ3v) is 4.77. The lowest BCUT2D eigenvalue weighted by Crippen LogP contribution is -2.40. The maximum absolute atomic E-state index is 12.5. The van der Waals surface area contributed by atoms with Crippen LogP contribution in [0.3, 0.4) is 0 Å². The van der Waals surface area contributed by atoms with Gasteiger partial charge in [0, 0.05) is 11.3 Å². The number of benzene rings is 3. The molecular formula is C24H19N3O5. The van der Waals surface area contributed by atoms with E-state index in [9.17, 15) is 4.79 Å². The molecule has 0 radical (unpaired) electrons. The Kier molecular flexibility index (Phi) is 5.40. The van der Waals surface area contributed by atoms with Gasteiger partial charge in [0.2, 0.25) is 12.0 Å². The van der Waals surface area contributed by atoms with Gasteiger partial charge >= 0.3 is 0 Å². The largest absolute Gasteiger partial charge is 0.485 e. The summed E-state index contributed by atoms with van der Waals surface area (Å²) in [4.78, 5) is 12.5. The van der Waals surface area contributed by atoms with Crippen LogP contribution in [0.25, 0.3) is 11.5 Å². The number of carbonyl (C=O) groups is 1. The van der Waals surface area contributed by atoms with Crippen LogP contribution in [-0.2, 0) is 11.4 Å². The van der Waals surface area contributed by atoms with E-state index in [-0.39, 0.29) is 19.1 Å². The summed E-state index contributed by atoms with van der Waals surface area (Å²) in [5.74, 6) is 2.32. The third-order valence-electron chi connectivity index (χ3n) is 4.77. The zero-order valence-electron chi connectivity index (χ0n) is 16.9. The summed E-state index contributed by atoms with van der Waals surface area (Å²) in [6.45, 7) is 0.289. The normalized spacial score (nSPS) is 14.6. The fourth-order valence-electron chi connectivity index (χ4n) is 3.16. The maximum Gasteiger partial charge on any atom is 0.269 e. The average molecular weight is 429 g/mol. The lowest BCUT2D eigenvalue weighted by Gasteiger charge is -2.25. The highest BCUT2D eigenvalue weighted by Gasteiger charge is 2.27. The van der Waals surface area contributed by atoms with Crippen molar-refractivity contribution in [2.75, 3.05) is 11.9 Å². The number of nitrogens with one attached hydrogen (secondary N) is 1. The molecule has 32 heavy (non-hydrogen) atoms. The van der Waals surface area contributed by atoms with Gasteiger partial charge in [-0.05, 0) is 48.5 Å². The van der Waals surface area contributed by atoms with Gasteiger partial charge in [-0.2, -0.15) is 0 Å². The van der Waals surface area contributed by atoms with E-state index >= 15 is 0 Å². The van der Waals surface area contributed by atoms with E-state index in [1.807, 2.05) is 42.5 Å². The minimum atomic E-state index is -0.725. The Labute approximate surface area is 183 Å². The highest BCUT2D eigenvalue weighted by molar-refractivity contribution is 5.94. The van der Waals surface area contributed by atoms with Crippen LogP contribution in [0.2, 0.25) is 0 Å². The van der Waals surface area contributed by atoms with Crippen molar-refractivity contribution in [3.05, 3.63) is 84.8 Å². The van der Waals surface area contributed by atoms with Gasteiger partial charge in [0.15, 0.2) is 18.1 Å². The number of rotatable bonds is 6. The number of ether oxygens (including phenoxy) is 3. The molecule has 2 heterocycles. The quantitative estimate of drug-likeness (QED) is 0.493. The summed E-state index contributed by atoms with van der Waals surface area (Å²) in [6, 6.07) is 23.8. The molecule has 1 aromatic heterocycles. The smallest absolute Gasteiger partial charge is 0.269 e. The SMILES string of the molecule is O=C(Nc1ccc(OCc2nnc(-c3ccccc3)o2)cc1)C1COc2ccccc2O1. The molecule has 4 aromatic rings. The highest BCUT2D eigenvalue weighted by Crippen LogP contribution is 2.31. The van der Waals surface area contributed by atoms with Crippen LogP contribution < -0.4 is 19.5 Å². The van der Waals surface area contributed by atoms with E-state index < -0.39 is 6.10 Å². The van der Waals surface area contributed by atoms with Crippen LogP contribution >= 0.6 is 0 Å². The molecule has 0 fully saturated rings. The first-order valence-electron chi connectivity index (χ1n) is 10.0. The summed E-state index contributed by atoms with van der Waals surface area (Å²) in [7, 11) is 0. The molecule has 0 aliphatic carbocycles. The molecule has 0 saturated heterocycles. The van der Waals surface area contributed by atoms with Crippen LogP contribution in [0.4, 0.5) is 5.69 Å². The molecule has 1 amide bonds. The number of fused-ring (bicyclic) bond motifs is 1. The first-order chi connectivity index (χ1) is 15.7. The van der Waals surface area contributed by atoms with Crippen molar-refractivity contribution >= 4 is 11.6 Å². The second kappa shape index (κ2) is 8.81. The predicted molar refractivity (Wildman–Crippen MR) is 115 cm³/mol. The Balaban J connectivity index is 1.15. The van der Waals surface area contributed by atoms with E-state index in [2.05, 4.69) is 15.5 Å². The monoisotopic (exact) mass is 429 g/mol. The van der Waals surface area contributed by atoms with Crippen LogP contribution in [0.5, 0.6) is 17.2 Å². The van der Waals surface area contributed by atoms with Gasteiger partial charge in [0.25, 0.3) is 11.8 Å². The topological polar surface area (TPSA) is 95.7 Å². The summed E-state index contributed by atoms with van der Waals surface area (Å²) in [6.07, 6.45) is -0.725. The fraction of sp³-hybridized carbons (Fsp3) is 0.125. The van der Waals surface area contributed by atoms with Gasteiger partial charge in [-0.3, -0.25) is 4.79 Å². The van der Waals surface area contributed by atoms with Crippen molar-refractivity contribution in [3.63, 3.8) is 0 Å². The first kappa shape index (κ1) is 19.6. The molecule has 0 spiro atoms. The zero-order chi connectivity index (χ0) is 21.8. The summed E-state index contributed by atoms with van der Waals surface area (Å²) in [5.41, 5.74) is 1.47. The van der Waals surface area contributed by atoms with Crippen LogP contribution in [0, 0.1) is 0 Å². The Hall–Kier alpha value is -4.33. The van der Waals surface area contributed by atoms with Crippen LogP contribution in [0.1, 0.15) is 5.89 Å². The summed E-state index contributed by atoms with van der Waals surface area (Å²) < 4.78 is 22.7. The van der Waals surface area contributed by atoms with Gasteiger partial charge in [-0.1, -0.05) is 30.3 Å². The van der Waals surface area contributed by atoms with E-state index in [0.717, 1.165) is 5.56 Å². The number of carbonyl (C=O) groups excluding carboxylic acids is 1.